The molecule has 2 aromatic rings. The van der Waals surface area contributed by atoms with Gasteiger partial charge < -0.3 is 5.73 Å². The van der Waals surface area contributed by atoms with Crippen molar-refractivity contribution in [1.82, 2.24) is 0 Å². The van der Waals surface area contributed by atoms with Gasteiger partial charge in [-0.3, -0.25) is 0 Å². The average Bonchev–Trinajstić information content (AvgIpc) is 2.63. The summed E-state index contributed by atoms with van der Waals surface area (Å²) in [5.41, 5.74) is 9.60. The fraction of sp³-hybridized carbons (Fsp3) is 0.167. The van der Waals surface area contributed by atoms with Crippen LogP contribution in [0.5, 0.6) is 0 Å². The molecular weight excluding hydrogens is 306 g/mol. The lowest BCUT2D eigenvalue weighted by Gasteiger charge is -2.14. The van der Waals surface area contributed by atoms with E-state index < -0.39 is 0 Å². The average molecular weight is 317 g/mol. The molecule has 16 heavy (non-hydrogen) atoms. The summed E-state index contributed by atoms with van der Waals surface area (Å²) in [6.45, 7) is 2.03. The Balaban J connectivity index is 2.41. The molecule has 0 aliphatic carbocycles. The van der Waals surface area contributed by atoms with Crippen LogP contribution in [0.25, 0.3) is 0 Å². The van der Waals surface area contributed by atoms with E-state index >= 15 is 0 Å². The minimum absolute atomic E-state index is 0.0992. The number of rotatable bonds is 2. The summed E-state index contributed by atoms with van der Waals surface area (Å²) < 4.78 is 1.07. The van der Waals surface area contributed by atoms with Crippen molar-refractivity contribution in [3.8, 4) is 0 Å². The smallest absolute Gasteiger partial charge is 0.0573 e. The van der Waals surface area contributed by atoms with E-state index in [0.717, 1.165) is 26.2 Å². The molecular formula is C12H11BrClNS. The number of halogens is 2. The number of nitrogens with two attached hydrogens (primary N) is 1. The van der Waals surface area contributed by atoms with E-state index in [1.807, 2.05) is 30.5 Å². The van der Waals surface area contributed by atoms with Gasteiger partial charge in [0.2, 0.25) is 0 Å². The largest absolute Gasteiger partial charge is 0.320 e. The van der Waals surface area contributed by atoms with Gasteiger partial charge in [-0.15, -0.1) is 0 Å². The van der Waals surface area contributed by atoms with Crippen LogP contribution < -0.4 is 5.73 Å². The van der Waals surface area contributed by atoms with Crippen LogP contribution in [0.3, 0.4) is 0 Å². The van der Waals surface area contributed by atoms with Gasteiger partial charge in [0.25, 0.3) is 0 Å². The first-order chi connectivity index (χ1) is 7.59. The predicted octanol–water partition coefficient (Wildman–Crippen LogP) is 4.52. The van der Waals surface area contributed by atoms with Crippen LogP contribution in [0.15, 0.2) is 33.4 Å². The lowest BCUT2D eigenvalue weighted by atomic mass is 9.98. The molecule has 84 valence electrons. The molecule has 1 unspecified atom stereocenters. The lowest BCUT2D eigenvalue weighted by molar-refractivity contribution is 0.862. The molecule has 1 nitrogen and oxygen atoms in total. The highest BCUT2D eigenvalue weighted by atomic mass is 79.9. The molecule has 0 bridgehead atoms. The second-order valence-electron chi connectivity index (χ2n) is 3.65. The zero-order chi connectivity index (χ0) is 11.7. The Kier molecular flexibility index (Phi) is 3.70. The molecule has 0 aliphatic heterocycles. The first-order valence-corrected chi connectivity index (χ1v) is 6.94. The molecule has 4 heteroatoms. The minimum atomic E-state index is -0.0992. The van der Waals surface area contributed by atoms with Gasteiger partial charge in [-0.25, -0.2) is 0 Å². The number of aryl methyl sites for hydroxylation is 1. The van der Waals surface area contributed by atoms with Gasteiger partial charge in [-0.05, 0) is 57.1 Å². The summed E-state index contributed by atoms with van der Waals surface area (Å²) in [6, 6.07) is 5.71. The Bertz CT molecular complexity index is 509. The molecule has 1 atom stereocenters. The number of benzene rings is 1. The highest BCUT2D eigenvalue weighted by Crippen LogP contribution is 2.31. The fourth-order valence-corrected chi connectivity index (χ4v) is 3.48. The maximum Gasteiger partial charge on any atom is 0.0573 e. The Labute approximate surface area is 112 Å². The molecule has 1 aromatic heterocycles. The van der Waals surface area contributed by atoms with Crippen LogP contribution in [0.2, 0.25) is 5.02 Å². The van der Waals surface area contributed by atoms with Gasteiger partial charge in [-0.1, -0.05) is 17.7 Å². The third-order valence-electron chi connectivity index (χ3n) is 2.54. The maximum atomic E-state index is 6.25. The quantitative estimate of drug-likeness (QED) is 0.866. The van der Waals surface area contributed by atoms with Gasteiger partial charge in [0.05, 0.1) is 6.04 Å². The van der Waals surface area contributed by atoms with Crippen LogP contribution in [0.1, 0.15) is 22.7 Å². The molecule has 0 saturated carbocycles. The Morgan fingerprint density at radius 3 is 2.62 bits per heavy atom. The zero-order valence-electron chi connectivity index (χ0n) is 8.71. The van der Waals surface area contributed by atoms with Crippen LogP contribution in [-0.4, -0.2) is 0 Å². The molecule has 0 saturated heterocycles. The summed E-state index contributed by atoms with van der Waals surface area (Å²) in [5, 5.41) is 4.86. The maximum absolute atomic E-state index is 6.25. The Morgan fingerprint density at radius 2 is 2.06 bits per heavy atom. The van der Waals surface area contributed by atoms with E-state index in [9.17, 15) is 0 Å². The van der Waals surface area contributed by atoms with Gasteiger partial charge in [-0.2, -0.15) is 11.3 Å². The van der Waals surface area contributed by atoms with E-state index in [0.29, 0.717) is 0 Å². The zero-order valence-corrected chi connectivity index (χ0v) is 11.9. The van der Waals surface area contributed by atoms with E-state index in [2.05, 4.69) is 21.3 Å². The Hall–Kier alpha value is -0.350. The first kappa shape index (κ1) is 12.1. The van der Waals surface area contributed by atoms with E-state index in [-0.39, 0.29) is 6.04 Å². The van der Waals surface area contributed by atoms with Crippen LogP contribution in [-0.2, 0) is 0 Å². The summed E-state index contributed by atoms with van der Waals surface area (Å²) >= 11 is 11.1. The molecule has 0 aliphatic rings. The number of hydrogen-bond donors (Lipinski definition) is 1. The third-order valence-corrected chi connectivity index (χ3v) is 4.53. The van der Waals surface area contributed by atoms with Gasteiger partial charge >= 0.3 is 0 Å². The molecule has 2 rings (SSSR count). The summed E-state index contributed by atoms with van der Waals surface area (Å²) in [4.78, 5) is 0. The van der Waals surface area contributed by atoms with Crippen molar-refractivity contribution in [2.75, 3.05) is 0 Å². The van der Waals surface area contributed by atoms with Gasteiger partial charge in [0.1, 0.15) is 0 Å². The summed E-state index contributed by atoms with van der Waals surface area (Å²) in [7, 11) is 0. The van der Waals surface area contributed by atoms with Crippen molar-refractivity contribution in [2.45, 2.75) is 13.0 Å². The highest BCUT2D eigenvalue weighted by molar-refractivity contribution is 9.10. The van der Waals surface area contributed by atoms with E-state index in [4.69, 9.17) is 17.3 Å². The van der Waals surface area contributed by atoms with Crippen molar-refractivity contribution < 1.29 is 0 Å². The summed E-state index contributed by atoms with van der Waals surface area (Å²) in [6.07, 6.45) is 0. The molecule has 2 N–H and O–H groups in total. The topological polar surface area (TPSA) is 26.0 Å². The first-order valence-electron chi connectivity index (χ1n) is 4.83. The van der Waals surface area contributed by atoms with Crippen molar-refractivity contribution >= 4 is 38.9 Å². The number of thiophene rings is 1. The standard InChI is InChI=1S/C12H11BrClNS/c1-7-4-8(14)2-3-9(7)12(15)10-5-16-6-11(10)13/h2-6,12H,15H2,1H3. The predicted molar refractivity (Wildman–Crippen MR) is 74.2 cm³/mol. The van der Waals surface area contributed by atoms with Crippen LogP contribution >= 0.6 is 38.9 Å². The normalized spacial score (nSPS) is 12.8. The molecule has 1 aromatic carbocycles. The Morgan fingerprint density at radius 1 is 1.31 bits per heavy atom. The molecule has 0 fully saturated rings. The van der Waals surface area contributed by atoms with Crippen LogP contribution in [0.4, 0.5) is 0 Å². The minimum Gasteiger partial charge on any atom is -0.320 e. The fourth-order valence-electron chi connectivity index (χ4n) is 1.67. The van der Waals surface area contributed by atoms with Crippen molar-refractivity contribution in [3.63, 3.8) is 0 Å². The lowest BCUT2D eigenvalue weighted by Crippen LogP contribution is -2.12. The second kappa shape index (κ2) is 4.88. The SMILES string of the molecule is Cc1cc(Cl)ccc1C(N)c1cscc1Br. The second-order valence-corrected chi connectivity index (χ2v) is 5.69. The highest BCUT2D eigenvalue weighted by Gasteiger charge is 2.14. The molecule has 0 spiro atoms. The van der Waals surface area contributed by atoms with Gasteiger partial charge in [0.15, 0.2) is 0 Å². The van der Waals surface area contributed by atoms with Crippen molar-refractivity contribution in [2.24, 2.45) is 5.73 Å². The van der Waals surface area contributed by atoms with Crippen molar-refractivity contribution in [3.05, 3.63) is 55.1 Å². The van der Waals surface area contributed by atoms with Crippen LogP contribution in [0, 0.1) is 6.92 Å². The van der Waals surface area contributed by atoms with Gasteiger partial charge in [0, 0.05) is 14.9 Å². The monoisotopic (exact) mass is 315 g/mol. The number of hydrogen-bond acceptors (Lipinski definition) is 2. The summed E-state index contributed by atoms with van der Waals surface area (Å²) in [5.74, 6) is 0. The van der Waals surface area contributed by atoms with E-state index in [1.54, 1.807) is 11.3 Å². The molecule has 1 heterocycles. The van der Waals surface area contributed by atoms with Crippen molar-refractivity contribution in [1.29, 1.82) is 0 Å². The third kappa shape index (κ3) is 2.33. The van der Waals surface area contributed by atoms with E-state index in [1.165, 1.54) is 0 Å². The molecule has 0 radical (unpaired) electrons. The molecule has 0 amide bonds.